The van der Waals surface area contributed by atoms with Gasteiger partial charge >= 0.3 is 11.9 Å². The van der Waals surface area contributed by atoms with Crippen molar-refractivity contribution in [2.45, 2.75) is 51.7 Å². The maximum atomic E-state index is 13.4. The van der Waals surface area contributed by atoms with Crippen LogP contribution >= 0.6 is 0 Å². The molecule has 0 saturated carbocycles. The molecule has 0 N–H and O–H groups in total. The summed E-state index contributed by atoms with van der Waals surface area (Å²) in [5.74, 6) is -0.613. The molecule has 0 spiro atoms. The summed E-state index contributed by atoms with van der Waals surface area (Å²) in [6.45, 7) is 4.12. The number of cyclic esters (lactones) is 2. The number of carbonyl (C=O) groups excluding carboxylic acids is 2. The smallest absolute Gasteiger partial charge is 0.335 e. The predicted octanol–water partition coefficient (Wildman–Crippen LogP) is 8.08. The van der Waals surface area contributed by atoms with Gasteiger partial charge in [-0.05, 0) is 34.4 Å². The van der Waals surface area contributed by atoms with Crippen LogP contribution in [0.1, 0.15) is 62.9 Å². The minimum atomic E-state index is -0.607. The second kappa shape index (κ2) is 9.94. The topological polar surface area (TPSA) is 52.6 Å². The van der Waals surface area contributed by atoms with E-state index in [1.54, 1.807) is 0 Å². The van der Waals surface area contributed by atoms with Crippen molar-refractivity contribution in [2.24, 2.45) is 0 Å². The third-order valence-corrected chi connectivity index (χ3v) is 7.62. The summed E-state index contributed by atoms with van der Waals surface area (Å²) < 4.78 is 12.3. The number of esters is 2. The second-order valence-corrected chi connectivity index (χ2v) is 9.99. The lowest BCUT2D eigenvalue weighted by molar-refractivity contribution is -0.141. The van der Waals surface area contributed by atoms with E-state index in [0.29, 0.717) is 24.0 Å². The Labute approximate surface area is 222 Å². The molecule has 0 aliphatic carbocycles. The Kier molecular flexibility index (Phi) is 6.32. The summed E-state index contributed by atoms with van der Waals surface area (Å²) in [6, 6.07) is 28.5. The SMILES string of the molecule is CCCC1=C(C2=C(CCC)C(=O)O[C@@H]2c2cccc3ccccc23)[C@H](c2cccc3ccccc23)OC1=O. The fraction of sp³-hybridized carbons (Fsp3) is 0.235. The molecule has 4 aromatic carbocycles. The van der Waals surface area contributed by atoms with Crippen molar-refractivity contribution in [1.82, 2.24) is 0 Å². The molecule has 2 atom stereocenters. The van der Waals surface area contributed by atoms with Crippen LogP contribution in [0.5, 0.6) is 0 Å². The van der Waals surface area contributed by atoms with Crippen molar-refractivity contribution in [3.05, 3.63) is 118 Å². The minimum Gasteiger partial charge on any atom is -0.449 e. The van der Waals surface area contributed by atoms with E-state index in [0.717, 1.165) is 56.7 Å². The Morgan fingerprint density at radius 2 is 0.947 bits per heavy atom. The van der Waals surface area contributed by atoms with Gasteiger partial charge in [-0.3, -0.25) is 0 Å². The van der Waals surface area contributed by atoms with Crippen LogP contribution in [-0.2, 0) is 19.1 Å². The third-order valence-electron chi connectivity index (χ3n) is 7.62. The molecule has 38 heavy (non-hydrogen) atoms. The fourth-order valence-electron chi connectivity index (χ4n) is 5.99. The molecule has 2 aliphatic heterocycles. The summed E-state index contributed by atoms with van der Waals surface area (Å²) in [6.07, 6.45) is 1.53. The van der Waals surface area contributed by atoms with E-state index in [9.17, 15) is 9.59 Å². The summed E-state index contributed by atoms with van der Waals surface area (Å²) in [5, 5.41) is 4.23. The van der Waals surface area contributed by atoms with Gasteiger partial charge in [0.15, 0.2) is 12.2 Å². The zero-order valence-electron chi connectivity index (χ0n) is 21.7. The highest BCUT2D eigenvalue weighted by Gasteiger charge is 2.45. The molecule has 190 valence electrons. The molecule has 2 aliphatic rings. The molecule has 0 aromatic heterocycles. The van der Waals surface area contributed by atoms with Crippen molar-refractivity contribution < 1.29 is 19.1 Å². The van der Waals surface area contributed by atoms with E-state index in [2.05, 4.69) is 50.2 Å². The molecule has 4 nitrogen and oxygen atoms in total. The Hall–Kier alpha value is -4.18. The zero-order chi connectivity index (χ0) is 26.2. The standard InChI is InChI=1S/C34H30O4/c1-3-11-27-29(31(37-33(27)35)25-19-9-15-21-13-5-7-17-23(21)25)30-28(12-4-2)34(36)38-32(30)26-20-10-16-22-14-6-8-18-24(22)26/h5-10,13-20,31-32H,3-4,11-12H2,1-2H3/t31-,32+. The summed E-state index contributed by atoms with van der Waals surface area (Å²) in [7, 11) is 0. The first kappa shape index (κ1) is 24.2. The van der Waals surface area contributed by atoms with Crippen molar-refractivity contribution in [2.75, 3.05) is 0 Å². The average molecular weight is 503 g/mol. The van der Waals surface area contributed by atoms with Crippen molar-refractivity contribution >= 4 is 33.5 Å². The second-order valence-electron chi connectivity index (χ2n) is 9.99. The molecule has 6 rings (SSSR count). The number of rotatable bonds is 7. The van der Waals surface area contributed by atoms with Gasteiger partial charge in [0.05, 0.1) is 0 Å². The van der Waals surface area contributed by atoms with Gasteiger partial charge in [-0.1, -0.05) is 112 Å². The van der Waals surface area contributed by atoms with Gasteiger partial charge in [-0.25, -0.2) is 9.59 Å². The summed E-state index contributed by atoms with van der Waals surface area (Å²) in [4.78, 5) is 26.8. The van der Waals surface area contributed by atoms with E-state index in [1.165, 1.54) is 0 Å². The minimum absolute atomic E-state index is 0.306. The average Bonchev–Trinajstić information content (AvgIpc) is 3.43. The molecular weight excluding hydrogens is 472 g/mol. The van der Waals surface area contributed by atoms with Crippen molar-refractivity contribution in [3.8, 4) is 0 Å². The quantitative estimate of drug-likeness (QED) is 0.240. The Bertz CT molecular complexity index is 1510. The molecule has 2 heterocycles. The first-order valence-electron chi connectivity index (χ1n) is 13.5. The highest BCUT2D eigenvalue weighted by Crippen LogP contribution is 2.51. The van der Waals surface area contributed by atoms with E-state index in [4.69, 9.17) is 9.47 Å². The number of hydrogen-bond donors (Lipinski definition) is 0. The van der Waals surface area contributed by atoms with Crippen LogP contribution in [0.3, 0.4) is 0 Å². The van der Waals surface area contributed by atoms with E-state index in [1.807, 2.05) is 48.5 Å². The molecule has 0 amide bonds. The lowest BCUT2D eigenvalue weighted by Crippen LogP contribution is -2.10. The number of fused-ring (bicyclic) bond motifs is 2. The van der Waals surface area contributed by atoms with Crippen LogP contribution < -0.4 is 0 Å². The van der Waals surface area contributed by atoms with Gasteiger partial charge in [0.1, 0.15) is 0 Å². The lowest BCUT2D eigenvalue weighted by Gasteiger charge is -2.23. The van der Waals surface area contributed by atoms with Gasteiger partial charge in [0.25, 0.3) is 0 Å². The molecule has 0 bridgehead atoms. The lowest BCUT2D eigenvalue weighted by atomic mass is 9.82. The van der Waals surface area contributed by atoms with Crippen LogP contribution in [0.4, 0.5) is 0 Å². The number of ether oxygens (including phenoxy) is 2. The van der Waals surface area contributed by atoms with Gasteiger partial charge in [0, 0.05) is 33.4 Å². The molecule has 0 saturated heterocycles. The van der Waals surface area contributed by atoms with E-state index in [-0.39, 0.29) is 11.9 Å². The predicted molar refractivity (Wildman–Crippen MR) is 149 cm³/mol. The van der Waals surface area contributed by atoms with Gasteiger partial charge in [-0.15, -0.1) is 0 Å². The van der Waals surface area contributed by atoms with Crippen LogP contribution in [0.2, 0.25) is 0 Å². The molecular formula is C34H30O4. The van der Waals surface area contributed by atoms with Crippen molar-refractivity contribution in [3.63, 3.8) is 0 Å². The Balaban J connectivity index is 1.62. The largest absolute Gasteiger partial charge is 0.449 e. The van der Waals surface area contributed by atoms with Crippen LogP contribution in [0.15, 0.2) is 107 Å². The molecule has 0 radical (unpaired) electrons. The van der Waals surface area contributed by atoms with E-state index < -0.39 is 12.2 Å². The molecule has 4 heteroatoms. The highest BCUT2D eigenvalue weighted by atomic mass is 16.6. The fourth-order valence-corrected chi connectivity index (χ4v) is 5.99. The highest BCUT2D eigenvalue weighted by molar-refractivity contribution is 6.00. The zero-order valence-corrected chi connectivity index (χ0v) is 21.7. The Morgan fingerprint density at radius 1 is 0.553 bits per heavy atom. The number of hydrogen-bond acceptors (Lipinski definition) is 4. The Morgan fingerprint density at radius 3 is 1.37 bits per heavy atom. The van der Waals surface area contributed by atoms with E-state index >= 15 is 0 Å². The molecule has 0 fully saturated rings. The summed E-state index contributed by atoms with van der Waals surface area (Å²) >= 11 is 0. The van der Waals surface area contributed by atoms with Crippen LogP contribution in [0, 0.1) is 0 Å². The maximum absolute atomic E-state index is 13.4. The molecule has 4 aromatic rings. The van der Waals surface area contributed by atoms with Crippen LogP contribution in [0.25, 0.3) is 21.5 Å². The summed E-state index contributed by atoms with van der Waals surface area (Å²) in [5.41, 5.74) is 4.77. The van der Waals surface area contributed by atoms with Gasteiger partial charge in [0.2, 0.25) is 0 Å². The molecule has 0 unspecified atom stereocenters. The van der Waals surface area contributed by atoms with Crippen molar-refractivity contribution in [1.29, 1.82) is 0 Å². The first-order chi connectivity index (χ1) is 18.6. The van der Waals surface area contributed by atoms with Gasteiger partial charge in [-0.2, -0.15) is 0 Å². The number of benzene rings is 4. The first-order valence-corrected chi connectivity index (χ1v) is 13.5. The van der Waals surface area contributed by atoms with Gasteiger partial charge < -0.3 is 9.47 Å². The monoisotopic (exact) mass is 502 g/mol. The maximum Gasteiger partial charge on any atom is 0.335 e. The third kappa shape index (κ3) is 3.92. The number of carbonyl (C=O) groups is 2. The normalized spacial score (nSPS) is 19.5. The van der Waals surface area contributed by atoms with Crippen LogP contribution in [-0.4, -0.2) is 11.9 Å².